The van der Waals surface area contributed by atoms with Crippen LogP contribution in [0.15, 0.2) is 85.1 Å². The molecule has 58 heavy (non-hydrogen) atoms. The molecule has 0 aromatic carbocycles. The monoisotopic (exact) mass is 807 g/mol. The van der Waals surface area contributed by atoms with Crippen LogP contribution >= 0.6 is 0 Å². The van der Waals surface area contributed by atoms with E-state index in [1.165, 1.54) is 83.5 Å². The van der Waals surface area contributed by atoms with Crippen LogP contribution in [0.4, 0.5) is 0 Å². The minimum absolute atomic E-state index is 0.104. The van der Waals surface area contributed by atoms with Gasteiger partial charge >= 0.3 is 17.9 Å². The van der Waals surface area contributed by atoms with Crippen molar-refractivity contribution in [3.8, 4) is 0 Å². The number of esters is 3. The zero-order valence-electron chi connectivity index (χ0n) is 37.5. The van der Waals surface area contributed by atoms with E-state index < -0.39 is 6.10 Å². The molecule has 0 N–H and O–H groups in total. The maximum atomic E-state index is 12.7. The van der Waals surface area contributed by atoms with Gasteiger partial charge in [0, 0.05) is 19.3 Å². The lowest BCUT2D eigenvalue weighted by atomic mass is 10.0. The molecule has 0 aliphatic heterocycles. The van der Waals surface area contributed by atoms with Crippen LogP contribution in [0.25, 0.3) is 0 Å². The van der Waals surface area contributed by atoms with Crippen molar-refractivity contribution in [3.05, 3.63) is 85.1 Å². The van der Waals surface area contributed by atoms with Crippen LogP contribution in [0.5, 0.6) is 0 Å². The molecule has 0 heterocycles. The van der Waals surface area contributed by atoms with Crippen molar-refractivity contribution in [3.63, 3.8) is 0 Å². The lowest BCUT2D eigenvalue weighted by Crippen LogP contribution is -2.30. The zero-order valence-corrected chi connectivity index (χ0v) is 37.5. The van der Waals surface area contributed by atoms with Gasteiger partial charge in [-0.3, -0.25) is 14.4 Å². The molecule has 0 fully saturated rings. The largest absolute Gasteiger partial charge is 0.462 e. The smallest absolute Gasteiger partial charge is 0.306 e. The second kappa shape index (κ2) is 46.3. The van der Waals surface area contributed by atoms with Crippen LogP contribution in [-0.2, 0) is 28.6 Å². The predicted octanol–water partition coefficient (Wildman–Crippen LogP) is 15.3. The molecule has 0 radical (unpaired) electrons. The van der Waals surface area contributed by atoms with Gasteiger partial charge in [0.15, 0.2) is 6.10 Å². The molecule has 0 saturated heterocycles. The lowest BCUT2D eigenvalue weighted by Gasteiger charge is -2.18. The van der Waals surface area contributed by atoms with E-state index in [9.17, 15) is 14.4 Å². The summed E-state index contributed by atoms with van der Waals surface area (Å²) in [6, 6.07) is 0. The van der Waals surface area contributed by atoms with Crippen LogP contribution in [-0.4, -0.2) is 37.2 Å². The number of ether oxygens (including phenoxy) is 3. The third-order valence-corrected chi connectivity index (χ3v) is 9.79. The SMILES string of the molecule is CC\C=C/C=C\C=C/C=C\C=C/CCCCCC(=O)OCC(COC(=O)CCCCC/C=C\C=C/CCCC)OC(=O)CCCCCCCCCCCCCCCC. The first-order valence-corrected chi connectivity index (χ1v) is 23.7. The Labute approximate surface area is 356 Å². The third kappa shape index (κ3) is 43.7. The van der Waals surface area contributed by atoms with Gasteiger partial charge in [-0.15, -0.1) is 0 Å². The van der Waals surface area contributed by atoms with Gasteiger partial charge in [0.1, 0.15) is 13.2 Å². The maximum absolute atomic E-state index is 12.7. The van der Waals surface area contributed by atoms with Crippen molar-refractivity contribution in [1.82, 2.24) is 0 Å². The Morgan fingerprint density at radius 3 is 1.12 bits per heavy atom. The molecule has 1 atom stereocenters. The van der Waals surface area contributed by atoms with Gasteiger partial charge in [-0.1, -0.05) is 215 Å². The van der Waals surface area contributed by atoms with E-state index in [4.69, 9.17) is 14.2 Å². The summed E-state index contributed by atoms with van der Waals surface area (Å²) in [7, 11) is 0. The molecular weight excluding hydrogens is 721 g/mol. The van der Waals surface area contributed by atoms with E-state index in [1.807, 2.05) is 48.6 Å². The van der Waals surface area contributed by atoms with Crippen LogP contribution < -0.4 is 0 Å². The van der Waals surface area contributed by atoms with Crippen LogP contribution in [0, 0.1) is 0 Å². The first-order valence-electron chi connectivity index (χ1n) is 23.7. The molecule has 0 aromatic heterocycles. The fourth-order valence-corrected chi connectivity index (χ4v) is 6.20. The Morgan fingerprint density at radius 1 is 0.362 bits per heavy atom. The number of unbranched alkanes of at least 4 members (excludes halogenated alkanes) is 21. The summed E-state index contributed by atoms with van der Waals surface area (Å²) in [6.07, 6.45) is 58.5. The lowest BCUT2D eigenvalue weighted by molar-refractivity contribution is -0.167. The Hall–Kier alpha value is -3.41. The molecule has 6 nitrogen and oxygen atoms in total. The van der Waals surface area contributed by atoms with Gasteiger partial charge in [-0.25, -0.2) is 0 Å². The van der Waals surface area contributed by atoms with Crippen molar-refractivity contribution >= 4 is 17.9 Å². The van der Waals surface area contributed by atoms with Crippen molar-refractivity contribution < 1.29 is 28.6 Å². The van der Waals surface area contributed by atoms with Gasteiger partial charge in [0.25, 0.3) is 0 Å². The number of hydrogen-bond donors (Lipinski definition) is 0. The second-order valence-electron chi connectivity index (χ2n) is 15.4. The fraction of sp³-hybridized carbons (Fsp3) is 0.673. The highest BCUT2D eigenvalue weighted by Crippen LogP contribution is 2.14. The normalized spacial score (nSPS) is 12.8. The third-order valence-electron chi connectivity index (χ3n) is 9.79. The Balaban J connectivity index is 4.49. The van der Waals surface area contributed by atoms with E-state index in [0.717, 1.165) is 83.5 Å². The average Bonchev–Trinajstić information content (AvgIpc) is 3.22. The Morgan fingerprint density at radius 2 is 0.690 bits per heavy atom. The van der Waals surface area contributed by atoms with E-state index in [2.05, 4.69) is 57.2 Å². The highest BCUT2D eigenvalue weighted by Gasteiger charge is 2.19. The number of carbonyl (C=O) groups excluding carboxylic acids is 3. The van der Waals surface area contributed by atoms with Crippen molar-refractivity contribution in [1.29, 1.82) is 0 Å². The summed E-state index contributed by atoms with van der Waals surface area (Å²) in [5.74, 6) is -0.975. The Kier molecular flexibility index (Phi) is 43.6. The highest BCUT2D eigenvalue weighted by molar-refractivity contribution is 5.71. The Bertz CT molecular complexity index is 1160. The molecule has 0 saturated carbocycles. The summed E-state index contributed by atoms with van der Waals surface area (Å²) < 4.78 is 16.7. The van der Waals surface area contributed by atoms with E-state index >= 15 is 0 Å². The van der Waals surface area contributed by atoms with Gasteiger partial charge < -0.3 is 14.2 Å². The summed E-state index contributed by atoms with van der Waals surface area (Å²) in [4.78, 5) is 37.8. The second-order valence-corrected chi connectivity index (χ2v) is 15.4. The molecular formula is C52H86O6. The molecule has 0 aliphatic rings. The zero-order chi connectivity index (χ0) is 42.3. The minimum atomic E-state index is -0.801. The van der Waals surface area contributed by atoms with E-state index in [-0.39, 0.29) is 31.1 Å². The van der Waals surface area contributed by atoms with E-state index in [0.29, 0.717) is 19.3 Å². The molecule has 0 aromatic rings. The summed E-state index contributed by atoms with van der Waals surface area (Å²) >= 11 is 0. The van der Waals surface area contributed by atoms with Crippen LogP contribution in [0.2, 0.25) is 0 Å². The first kappa shape index (κ1) is 54.6. The summed E-state index contributed by atoms with van der Waals surface area (Å²) in [5.41, 5.74) is 0. The van der Waals surface area contributed by atoms with Gasteiger partial charge in [0.05, 0.1) is 0 Å². The number of rotatable bonds is 41. The van der Waals surface area contributed by atoms with Gasteiger partial charge in [-0.2, -0.15) is 0 Å². The summed E-state index contributed by atoms with van der Waals surface area (Å²) in [5, 5.41) is 0. The highest BCUT2D eigenvalue weighted by atomic mass is 16.6. The van der Waals surface area contributed by atoms with Crippen molar-refractivity contribution in [2.45, 2.75) is 213 Å². The molecule has 0 amide bonds. The van der Waals surface area contributed by atoms with Crippen LogP contribution in [0.3, 0.4) is 0 Å². The minimum Gasteiger partial charge on any atom is -0.462 e. The quantitative estimate of drug-likeness (QED) is 0.0265. The summed E-state index contributed by atoms with van der Waals surface area (Å²) in [6.45, 7) is 6.37. The molecule has 0 aliphatic carbocycles. The number of allylic oxidation sites excluding steroid dienone is 14. The van der Waals surface area contributed by atoms with Crippen molar-refractivity contribution in [2.24, 2.45) is 0 Å². The topological polar surface area (TPSA) is 78.9 Å². The van der Waals surface area contributed by atoms with Crippen LogP contribution in [0.1, 0.15) is 207 Å². The number of hydrogen-bond acceptors (Lipinski definition) is 6. The molecule has 0 bridgehead atoms. The molecule has 330 valence electrons. The van der Waals surface area contributed by atoms with Gasteiger partial charge in [0.2, 0.25) is 0 Å². The first-order chi connectivity index (χ1) is 28.5. The standard InChI is InChI=1S/C52H86O6/c1-4-7-10-13-16-19-22-24-26-28-30-33-36-39-42-45-51(54)57-48-49(47-56-50(53)44-41-38-35-32-29-21-18-15-12-9-6-3)58-52(55)46-43-40-37-34-31-27-25-23-20-17-14-11-8-5-2/h7,10,13,15-16,18-19,21-22,24,26,28-30,49H,4-6,8-9,11-12,14,17,20,23,25,27,31-48H2,1-3H3/b10-7-,16-13-,18-15-,22-19-,26-24-,29-21-,30-28-. The van der Waals surface area contributed by atoms with Crippen molar-refractivity contribution in [2.75, 3.05) is 13.2 Å². The molecule has 6 heteroatoms. The maximum Gasteiger partial charge on any atom is 0.306 e. The molecule has 0 rings (SSSR count). The average molecular weight is 807 g/mol. The van der Waals surface area contributed by atoms with Gasteiger partial charge in [-0.05, 0) is 57.8 Å². The molecule has 1 unspecified atom stereocenters. The predicted molar refractivity (Wildman–Crippen MR) is 247 cm³/mol. The fourth-order valence-electron chi connectivity index (χ4n) is 6.20. The molecule has 0 spiro atoms. The number of carbonyl (C=O) groups is 3. The van der Waals surface area contributed by atoms with E-state index in [1.54, 1.807) is 0 Å².